The van der Waals surface area contributed by atoms with Gasteiger partial charge < -0.3 is 14.6 Å². The maximum absolute atomic E-state index is 11.6. The fraction of sp³-hybridized carbons (Fsp3) is 0.812. The van der Waals surface area contributed by atoms with E-state index in [2.05, 4.69) is 39.8 Å². The first kappa shape index (κ1) is 21.4. The number of hydrogen-bond donors (Lipinski definition) is 2. The maximum Gasteiger partial charge on any atom is 0.310 e. The molecule has 0 aromatic carbocycles. The summed E-state index contributed by atoms with van der Waals surface area (Å²) >= 11 is 0. The van der Waals surface area contributed by atoms with Crippen molar-refractivity contribution in [3.63, 3.8) is 0 Å². The van der Waals surface area contributed by atoms with Gasteiger partial charge in [0.15, 0.2) is 8.32 Å². The van der Waals surface area contributed by atoms with E-state index in [9.17, 15) is 15.0 Å². The lowest BCUT2D eigenvalue weighted by atomic mass is 9.99. The highest BCUT2D eigenvalue weighted by molar-refractivity contribution is 6.78. The monoisotopic (exact) mass is 344 g/mol. The SMILES string of the molecule is C#CC([C@H](C(=O)O)[C@@H](O)CO[Si](C)(C)C(C)(C)C)[Si](C)(C)C. The minimum atomic E-state index is -2.03. The number of carboxylic acid groups (broad SMARTS) is 1. The molecule has 0 fully saturated rings. The van der Waals surface area contributed by atoms with Gasteiger partial charge in [-0.15, -0.1) is 12.3 Å². The van der Waals surface area contributed by atoms with Gasteiger partial charge in [0.2, 0.25) is 0 Å². The van der Waals surface area contributed by atoms with Crippen LogP contribution >= 0.6 is 0 Å². The van der Waals surface area contributed by atoms with Crippen molar-refractivity contribution in [3.8, 4) is 12.3 Å². The Morgan fingerprint density at radius 1 is 1.23 bits per heavy atom. The summed E-state index contributed by atoms with van der Waals surface area (Å²) < 4.78 is 5.97. The average molecular weight is 345 g/mol. The highest BCUT2D eigenvalue weighted by Crippen LogP contribution is 2.37. The molecular formula is C16H32O4Si2. The number of aliphatic hydroxyl groups is 1. The van der Waals surface area contributed by atoms with E-state index in [-0.39, 0.29) is 11.6 Å². The topological polar surface area (TPSA) is 66.8 Å². The van der Waals surface area contributed by atoms with Crippen LogP contribution in [0.2, 0.25) is 43.3 Å². The summed E-state index contributed by atoms with van der Waals surface area (Å²) in [5, 5.41) is 19.9. The molecule has 0 aliphatic heterocycles. The zero-order valence-electron chi connectivity index (χ0n) is 15.2. The molecule has 0 aromatic heterocycles. The second kappa shape index (κ2) is 7.30. The number of carboxylic acids is 1. The van der Waals surface area contributed by atoms with Crippen LogP contribution in [0.5, 0.6) is 0 Å². The molecule has 1 unspecified atom stereocenters. The Morgan fingerprint density at radius 3 is 1.95 bits per heavy atom. The zero-order chi connectivity index (χ0) is 17.9. The van der Waals surface area contributed by atoms with E-state index in [1.165, 1.54) is 0 Å². The van der Waals surface area contributed by atoms with Crippen molar-refractivity contribution in [2.45, 2.75) is 70.2 Å². The molecule has 0 aliphatic carbocycles. The molecule has 0 rings (SSSR count). The predicted molar refractivity (Wildman–Crippen MR) is 96.2 cm³/mol. The number of aliphatic carboxylic acids is 1. The fourth-order valence-electron chi connectivity index (χ4n) is 2.04. The molecule has 22 heavy (non-hydrogen) atoms. The first-order chi connectivity index (χ1) is 9.65. The molecular weight excluding hydrogens is 312 g/mol. The lowest BCUT2D eigenvalue weighted by Gasteiger charge is -2.38. The van der Waals surface area contributed by atoms with Crippen LogP contribution in [0.15, 0.2) is 0 Å². The van der Waals surface area contributed by atoms with Crippen LogP contribution < -0.4 is 0 Å². The van der Waals surface area contributed by atoms with Gasteiger partial charge >= 0.3 is 5.97 Å². The smallest absolute Gasteiger partial charge is 0.310 e. The average Bonchev–Trinajstić information content (AvgIpc) is 2.29. The maximum atomic E-state index is 11.6. The van der Waals surface area contributed by atoms with Gasteiger partial charge in [0.25, 0.3) is 0 Å². The van der Waals surface area contributed by atoms with Crippen LogP contribution in [-0.4, -0.2) is 45.3 Å². The van der Waals surface area contributed by atoms with Crippen LogP contribution in [0.1, 0.15) is 20.8 Å². The molecule has 0 bridgehead atoms. The first-order valence-electron chi connectivity index (χ1n) is 7.66. The highest BCUT2D eigenvalue weighted by atomic mass is 28.4. The summed E-state index contributed by atoms with van der Waals surface area (Å²) in [5.74, 6) is 0.593. The summed E-state index contributed by atoms with van der Waals surface area (Å²) in [6.07, 6.45) is 4.48. The first-order valence-corrected chi connectivity index (χ1v) is 14.1. The largest absolute Gasteiger partial charge is 0.481 e. The lowest BCUT2D eigenvalue weighted by molar-refractivity contribution is -0.146. The quantitative estimate of drug-likeness (QED) is 0.548. The third-order valence-electron chi connectivity index (χ3n) is 4.59. The molecule has 0 amide bonds. The van der Waals surface area contributed by atoms with Gasteiger partial charge in [-0.2, -0.15) is 0 Å². The highest BCUT2D eigenvalue weighted by Gasteiger charge is 2.43. The molecule has 0 saturated heterocycles. The van der Waals surface area contributed by atoms with Crippen molar-refractivity contribution in [2.24, 2.45) is 5.92 Å². The zero-order valence-corrected chi connectivity index (χ0v) is 17.2. The minimum absolute atomic E-state index is 0.00966. The Kier molecular flexibility index (Phi) is 7.10. The number of carbonyl (C=O) groups is 1. The van der Waals surface area contributed by atoms with Crippen LogP contribution in [0.25, 0.3) is 0 Å². The molecule has 0 spiro atoms. The Bertz CT molecular complexity index is 427. The van der Waals surface area contributed by atoms with Gasteiger partial charge in [0, 0.05) is 5.54 Å². The van der Waals surface area contributed by atoms with Crippen LogP contribution in [-0.2, 0) is 9.22 Å². The van der Waals surface area contributed by atoms with Gasteiger partial charge in [-0.25, -0.2) is 0 Å². The van der Waals surface area contributed by atoms with E-state index < -0.39 is 39.9 Å². The van der Waals surface area contributed by atoms with Crippen LogP contribution in [0.4, 0.5) is 0 Å². The molecule has 2 N–H and O–H groups in total. The molecule has 4 nitrogen and oxygen atoms in total. The molecule has 3 atom stereocenters. The van der Waals surface area contributed by atoms with Gasteiger partial charge in [0.05, 0.1) is 26.7 Å². The van der Waals surface area contributed by atoms with E-state index in [1.807, 2.05) is 19.6 Å². The molecule has 128 valence electrons. The van der Waals surface area contributed by atoms with Gasteiger partial charge in [0.1, 0.15) is 0 Å². The number of rotatable bonds is 7. The van der Waals surface area contributed by atoms with Crippen molar-refractivity contribution in [1.82, 2.24) is 0 Å². The lowest BCUT2D eigenvalue weighted by Crippen LogP contribution is -2.47. The summed E-state index contributed by atoms with van der Waals surface area (Å²) in [7, 11) is -3.94. The Labute approximate surface area is 137 Å². The van der Waals surface area contributed by atoms with E-state index in [0.717, 1.165) is 0 Å². The number of hydrogen-bond acceptors (Lipinski definition) is 3. The Balaban J connectivity index is 5.17. The molecule has 0 aromatic rings. The number of terminal acetylenes is 1. The molecule has 0 radical (unpaired) electrons. The predicted octanol–water partition coefficient (Wildman–Crippen LogP) is 3.41. The number of aliphatic hydroxyl groups excluding tert-OH is 1. The minimum Gasteiger partial charge on any atom is -0.481 e. The van der Waals surface area contributed by atoms with E-state index in [0.29, 0.717) is 0 Å². The molecule has 0 heterocycles. The van der Waals surface area contributed by atoms with Crippen molar-refractivity contribution in [3.05, 3.63) is 0 Å². The summed E-state index contributed by atoms with van der Waals surface area (Å²) in [4.78, 5) is 11.6. The Hall–Kier alpha value is -0.616. The van der Waals surface area contributed by atoms with Crippen LogP contribution in [0.3, 0.4) is 0 Å². The normalized spacial score (nSPS) is 17.5. The standard InChI is InChI=1S/C16H32O4Si2/c1-10-13(21(5,6)7)14(15(18)19)12(17)11-20-22(8,9)16(2,3)4/h1,12-14,17H,11H2,2-9H3,(H,18,19)/t12-,13?,14+/m0/s1. The summed E-state index contributed by atoms with van der Waals surface area (Å²) in [6, 6.07) is 0. The molecule has 6 heteroatoms. The van der Waals surface area contributed by atoms with Crippen molar-refractivity contribution >= 4 is 22.4 Å². The third kappa shape index (κ3) is 5.54. The van der Waals surface area contributed by atoms with E-state index in [4.69, 9.17) is 10.8 Å². The summed E-state index contributed by atoms with van der Waals surface area (Å²) in [6.45, 7) is 16.6. The van der Waals surface area contributed by atoms with E-state index in [1.54, 1.807) is 0 Å². The van der Waals surface area contributed by atoms with Crippen molar-refractivity contribution < 1.29 is 19.4 Å². The van der Waals surface area contributed by atoms with Gasteiger partial charge in [-0.1, -0.05) is 40.4 Å². The van der Waals surface area contributed by atoms with Gasteiger partial charge in [-0.3, -0.25) is 4.79 Å². The molecule has 0 saturated carbocycles. The molecule has 0 aliphatic rings. The van der Waals surface area contributed by atoms with Crippen molar-refractivity contribution in [2.75, 3.05) is 6.61 Å². The Morgan fingerprint density at radius 2 is 1.68 bits per heavy atom. The van der Waals surface area contributed by atoms with Crippen molar-refractivity contribution in [1.29, 1.82) is 0 Å². The van der Waals surface area contributed by atoms with E-state index >= 15 is 0 Å². The second-order valence-electron chi connectivity index (χ2n) is 8.51. The third-order valence-corrected chi connectivity index (χ3v) is 11.5. The second-order valence-corrected chi connectivity index (χ2v) is 18.7. The summed E-state index contributed by atoms with van der Waals surface area (Å²) in [5.41, 5.74) is -0.428. The van der Waals surface area contributed by atoms with Gasteiger partial charge in [-0.05, 0) is 18.1 Å². The fourth-order valence-corrected chi connectivity index (χ4v) is 5.00. The van der Waals surface area contributed by atoms with Crippen LogP contribution in [0, 0.1) is 18.3 Å².